The zero-order valence-corrected chi connectivity index (χ0v) is 14.8. The lowest BCUT2D eigenvalue weighted by Crippen LogP contribution is -2.34. The lowest BCUT2D eigenvalue weighted by molar-refractivity contribution is 0.217. The SMILES string of the molecule is CCN(CC)C(=O)Nc1ccc(OCCc2ccccc2)c(Cl)c1. The second-order valence-electron chi connectivity index (χ2n) is 5.33. The molecule has 5 heteroatoms. The fourth-order valence-electron chi connectivity index (χ4n) is 2.33. The van der Waals surface area contributed by atoms with E-state index in [4.69, 9.17) is 16.3 Å². The number of benzene rings is 2. The van der Waals surface area contributed by atoms with Crippen molar-refractivity contribution in [3.8, 4) is 5.75 Å². The van der Waals surface area contributed by atoms with Crippen LogP contribution >= 0.6 is 11.6 Å². The topological polar surface area (TPSA) is 41.6 Å². The van der Waals surface area contributed by atoms with Crippen LogP contribution in [0.1, 0.15) is 19.4 Å². The molecule has 0 saturated heterocycles. The summed E-state index contributed by atoms with van der Waals surface area (Å²) >= 11 is 6.25. The van der Waals surface area contributed by atoms with Gasteiger partial charge in [0.1, 0.15) is 5.75 Å². The normalized spacial score (nSPS) is 10.3. The van der Waals surface area contributed by atoms with Gasteiger partial charge in [-0.25, -0.2) is 4.79 Å². The molecule has 0 radical (unpaired) electrons. The number of carbonyl (C=O) groups excluding carboxylic acids is 1. The highest BCUT2D eigenvalue weighted by Gasteiger charge is 2.10. The minimum Gasteiger partial charge on any atom is -0.492 e. The van der Waals surface area contributed by atoms with E-state index in [0.29, 0.717) is 36.2 Å². The standard InChI is InChI=1S/C19H23ClN2O2/c1-3-22(4-2)19(23)21-16-10-11-18(17(20)14-16)24-13-12-15-8-6-5-7-9-15/h5-11,14H,3-4,12-13H2,1-2H3,(H,21,23). The first-order valence-corrected chi connectivity index (χ1v) is 8.54. The molecule has 2 aromatic rings. The molecule has 0 aliphatic carbocycles. The number of hydrogen-bond donors (Lipinski definition) is 1. The number of nitrogens with zero attached hydrogens (tertiary/aromatic N) is 1. The zero-order chi connectivity index (χ0) is 17.4. The van der Waals surface area contributed by atoms with Gasteiger partial charge in [-0.1, -0.05) is 41.9 Å². The van der Waals surface area contributed by atoms with Gasteiger partial charge in [-0.05, 0) is 37.6 Å². The molecule has 0 unspecified atom stereocenters. The van der Waals surface area contributed by atoms with Crippen LogP contribution in [0.2, 0.25) is 5.02 Å². The molecule has 4 nitrogen and oxygen atoms in total. The Labute approximate surface area is 148 Å². The molecule has 128 valence electrons. The number of ether oxygens (including phenoxy) is 1. The van der Waals surface area contributed by atoms with Gasteiger partial charge in [0.25, 0.3) is 0 Å². The maximum Gasteiger partial charge on any atom is 0.321 e. The lowest BCUT2D eigenvalue weighted by atomic mass is 10.2. The van der Waals surface area contributed by atoms with E-state index in [9.17, 15) is 4.79 Å². The van der Waals surface area contributed by atoms with Gasteiger partial charge in [0.15, 0.2) is 0 Å². The molecule has 0 aromatic heterocycles. The minimum atomic E-state index is -0.131. The van der Waals surface area contributed by atoms with Crippen molar-refractivity contribution in [3.05, 3.63) is 59.1 Å². The van der Waals surface area contributed by atoms with Crippen molar-refractivity contribution in [2.24, 2.45) is 0 Å². The summed E-state index contributed by atoms with van der Waals surface area (Å²) in [4.78, 5) is 13.7. The van der Waals surface area contributed by atoms with Gasteiger partial charge in [-0.2, -0.15) is 0 Å². The number of amides is 2. The van der Waals surface area contributed by atoms with Gasteiger partial charge in [0.05, 0.1) is 11.6 Å². The monoisotopic (exact) mass is 346 g/mol. The van der Waals surface area contributed by atoms with Crippen LogP contribution in [0.15, 0.2) is 48.5 Å². The maximum atomic E-state index is 12.0. The average molecular weight is 347 g/mol. The molecule has 0 saturated carbocycles. The summed E-state index contributed by atoms with van der Waals surface area (Å²) in [6.07, 6.45) is 0.817. The number of halogens is 1. The molecule has 0 spiro atoms. The Balaban J connectivity index is 1.91. The molecule has 0 aliphatic rings. The highest BCUT2D eigenvalue weighted by molar-refractivity contribution is 6.32. The van der Waals surface area contributed by atoms with Crippen LogP contribution in [0.5, 0.6) is 5.75 Å². The molecular weight excluding hydrogens is 324 g/mol. The number of urea groups is 1. The van der Waals surface area contributed by atoms with Crippen LogP contribution < -0.4 is 10.1 Å². The van der Waals surface area contributed by atoms with Crippen molar-refractivity contribution in [3.63, 3.8) is 0 Å². The molecule has 2 rings (SSSR count). The molecule has 24 heavy (non-hydrogen) atoms. The molecule has 0 atom stereocenters. The predicted octanol–water partition coefficient (Wildman–Crippen LogP) is 4.84. The number of anilines is 1. The van der Waals surface area contributed by atoms with Gasteiger partial charge in [0, 0.05) is 25.2 Å². The number of nitrogens with one attached hydrogen (secondary N) is 1. The lowest BCUT2D eigenvalue weighted by Gasteiger charge is -2.19. The minimum absolute atomic E-state index is 0.131. The number of carbonyl (C=O) groups is 1. The summed E-state index contributed by atoms with van der Waals surface area (Å²) in [6.45, 7) is 5.77. The van der Waals surface area contributed by atoms with Crippen LogP contribution in [-0.4, -0.2) is 30.6 Å². The Bertz CT molecular complexity index is 658. The van der Waals surface area contributed by atoms with Crippen molar-refractivity contribution in [1.29, 1.82) is 0 Å². The summed E-state index contributed by atoms with van der Waals surface area (Å²) in [7, 11) is 0. The summed E-state index contributed by atoms with van der Waals surface area (Å²) in [6, 6.07) is 15.3. The van der Waals surface area contributed by atoms with E-state index < -0.39 is 0 Å². The van der Waals surface area contributed by atoms with Gasteiger partial charge >= 0.3 is 6.03 Å². The van der Waals surface area contributed by atoms with Crippen molar-refractivity contribution in [2.45, 2.75) is 20.3 Å². The zero-order valence-electron chi connectivity index (χ0n) is 14.1. The Kier molecular flexibility index (Phi) is 6.94. The summed E-state index contributed by atoms with van der Waals surface area (Å²) < 4.78 is 5.74. The molecule has 0 aliphatic heterocycles. The second kappa shape index (κ2) is 9.18. The first-order valence-electron chi connectivity index (χ1n) is 8.16. The molecule has 0 fully saturated rings. The fourth-order valence-corrected chi connectivity index (χ4v) is 2.57. The third-order valence-electron chi connectivity index (χ3n) is 3.72. The van der Waals surface area contributed by atoms with Gasteiger partial charge < -0.3 is 15.0 Å². The van der Waals surface area contributed by atoms with Gasteiger partial charge in [-0.15, -0.1) is 0 Å². The van der Waals surface area contributed by atoms with Gasteiger partial charge in [-0.3, -0.25) is 0 Å². The first kappa shape index (κ1) is 18.1. The van der Waals surface area contributed by atoms with Crippen LogP contribution in [0, 0.1) is 0 Å². The average Bonchev–Trinajstić information content (AvgIpc) is 2.59. The highest BCUT2D eigenvalue weighted by Crippen LogP contribution is 2.28. The summed E-state index contributed by atoms with van der Waals surface area (Å²) in [5.74, 6) is 0.619. The van der Waals surface area contributed by atoms with Gasteiger partial charge in [0.2, 0.25) is 0 Å². The smallest absolute Gasteiger partial charge is 0.321 e. The molecule has 0 heterocycles. The van der Waals surface area contributed by atoms with Crippen LogP contribution in [0.25, 0.3) is 0 Å². The molecule has 1 N–H and O–H groups in total. The molecular formula is C19H23ClN2O2. The van der Waals surface area contributed by atoms with Crippen molar-refractivity contribution >= 4 is 23.3 Å². The van der Waals surface area contributed by atoms with Crippen molar-refractivity contribution < 1.29 is 9.53 Å². The molecule has 2 amide bonds. The van der Waals surface area contributed by atoms with E-state index in [1.165, 1.54) is 5.56 Å². The van der Waals surface area contributed by atoms with Crippen molar-refractivity contribution in [1.82, 2.24) is 4.90 Å². The Morgan fingerprint density at radius 2 is 1.83 bits per heavy atom. The first-order chi connectivity index (χ1) is 11.6. The fraction of sp³-hybridized carbons (Fsp3) is 0.316. The number of rotatable bonds is 7. The third-order valence-corrected chi connectivity index (χ3v) is 4.02. The quantitative estimate of drug-likeness (QED) is 0.779. The van der Waals surface area contributed by atoms with Crippen LogP contribution in [0.4, 0.5) is 10.5 Å². The Hall–Kier alpha value is -2.20. The predicted molar refractivity (Wildman–Crippen MR) is 99.0 cm³/mol. The second-order valence-corrected chi connectivity index (χ2v) is 5.74. The van der Waals surface area contributed by atoms with E-state index in [1.54, 1.807) is 23.1 Å². The number of hydrogen-bond acceptors (Lipinski definition) is 2. The van der Waals surface area contributed by atoms with E-state index in [2.05, 4.69) is 17.4 Å². The van der Waals surface area contributed by atoms with Crippen molar-refractivity contribution in [2.75, 3.05) is 25.0 Å². The Morgan fingerprint density at radius 1 is 1.12 bits per heavy atom. The summed E-state index contributed by atoms with van der Waals surface area (Å²) in [5.41, 5.74) is 1.88. The highest BCUT2D eigenvalue weighted by atomic mass is 35.5. The molecule has 2 aromatic carbocycles. The van der Waals surface area contributed by atoms with E-state index in [0.717, 1.165) is 6.42 Å². The Morgan fingerprint density at radius 3 is 2.46 bits per heavy atom. The van der Waals surface area contributed by atoms with Crippen LogP contribution in [-0.2, 0) is 6.42 Å². The third kappa shape index (κ3) is 5.17. The summed E-state index contributed by atoms with van der Waals surface area (Å²) in [5, 5.41) is 3.33. The van der Waals surface area contributed by atoms with Crippen LogP contribution in [0.3, 0.4) is 0 Å². The maximum absolute atomic E-state index is 12.0. The van der Waals surface area contributed by atoms with E-state index >= 15 is 0 Å². The largest absolute Gasteiger partial charge is 0.492 e. The van der Waals surface area contributed by atoms with E-state index in [1.807, 2.05) is 32.0 Å². The van der Waals surface area contributed by atoms with E-state index in [-0.39, 0.29) is 6.03 Å². The molecule has 0 bridgehead atoms.